The Balaban J connectivity index is 2.00. The van der Waals surface area contributed by atoms with Crippen LogP contribution in [0.4, 0.5) is 0 Å². The number of ether oxygens (including phenoxy) is 1. The molecule has 1 aliphatic heterocycles. The molecule has 4 heteroatoms. The van der Waals surface area contributed by atoms with Crippen LogP contribution in [0.5, 0.6) is 0 Å². The summed E-state index contributed by atoms with van der Waals surface area (Å²) in [6.07, 6.45) is 0. The van der Waals surface area contributed by atoms with Crippen molar-refractivity contribution in [2.75, 3.05) is 26.8 Å². The molecule has 1 fully saturated rings. The molecule has 1 amide bonds. The summed E-state index contributed by atoms with van der Waals surface area (Å²) in [5, 5.41) is 0. The van der Waals surface area contributed by atoms with Crippen LogP contribution in [0.3, 0.4) is 0 Å². The van der Waals surface area contributed by atoms with Crippen LogP contribution in [0.25, 0.3) is 0 Å². The lowest BCUT2D eigenvalue weighted by atomic mass is 9.84. The van der Waals surface area contributed by atoms with Gasteiger partial charge in [0.25, 0.3) is 0 Å². The van der Waals surface area contributed by atoms with E-state index in [1.54, 1.807) is 4.90 Å². The first-order chi connectivity index (χ1) is 8.18. The fraction of sp³-hybridized carbons (Fsp3) is 0.462. The van der Waals surface area contributed by atoms with Crippen molar-refractivity contribution in [3.05, 3.63) is 35.9 Å². The first-order valence-corrected chi connectivity index (χ1v) is 5.75. The second kappa shape index (κ2) is 4.85. The number of rotatable bonds is 4. The van der Waals surface area contributed by atoms with Crippen LogP contribution in [-0.2, 0) is 16.1 Å². The average molecular weight is 234 g/mol. The van der Waals surface area contributed by atoms with Crippen molar-refractivity contribution in [1.29, 1.82) is 0 Å². The summed E-state index contributed by atoms with van der Waals surface area (Å²) in [4.78, 5) is 14.0. The van der Waals surface area contributed by atoms with Crippen molar-refractivity contribution in [1.82, 2.24) is 4.90 Å². The molecule has 1 heterocycles. The van der Waals surface area contributed by atoms with Crippen molar-refractivity contribution in [3.63, 3.8) is 0 Å². The highest BCUT2D eigenvalue weighted by molar-refractivity contribution is 5.84. The fourth-order valence-corrected chi connectivity index (χ4v) is 2.01. The number of nitrogens with zero attached hydrogens (tertiary/aromatic N) is 1. The number of carbonyl (C=O) groups excluding carboxylic acids is 1. The van der Waals surface area contributed by atoms with Crippen molar-refractivity contribution in [2.45, 2.75) is 6.54 Å². The van der Waals surface area contributed by atoms with Crippen LogP contribution < -0.4 is 5.73 Å². The predicted octanol–water partition coefficient (Wildman–Crippen LogP) is 0.620. The first kappa shape index (κ1) is 12.1. The number of hydrogen-bond acceptors (Lipinski definition) is 3. The molecule has 2 rings (SSSR count). The van der Waals surface area contributed by atoms with E-state index in [-0.39, 0.29) is 5.91 Å². The Hall–Kier alpha value is -1.39. The molecule has 0 aliphatic carbocycles. The Morgan fingerprint density at radius 1 is 1.41 bits per heavy atom. The maximum Gasteiger partial charge on any atom is 0.234 e. The van der Waals surface area contributed by atoms with E-state index in [1.807, 2.05) is 37.4 Å². The second-order valence-electron chi connectivity index (χ2n) is 4.62. The standard InChI is InChI=1S/C13H18N2O2/c1-15(7-11-5-3-2-4-6-11)12(16)13(8-14)9-17-10-13/h2-6H,7-10,14H2,1H3. The van der Waals surface area contributed by atoms with Gasteiger partial charge in [-0.15, -0.1) is 0 Å². The molecule has 0 radical (unpaired) electrons. The van der Waals surface area contributed by atoms with Gasteiger partial charge in [0.2, 0.25) is 5.91 Å². The summed E-state index contributed by atoms with van der Waals surface area (Å²) in [5.74, 6) is 0.0788. The van der Waals surface area contributed by atoms with E-state index in [9.17, 15) is 4.79 Å². The minimum absolute atomic E-state index is 0.0788. The van der Waals surface area contributed by atoms with E-state index >= 15 is 0 Å². The summed E-state index contributed by atoms with van der Waals surface area (Å²) in [5.41, 5.74) is 6.31. The number of hydrogen-bond donors (Lipinski definition) is 1. The molecule has 1 aromatic carbocycles. The van der Waals surface area contributed by atoms with Crippen LogP contribution in [0.15, 0.2) is 30.3 Å². The zero-order valence-corrected chi connectivity index (χ0v) is 10.1. The molecule has 2 N–H and O–H groups in total. The molecule has 0 unspecified atom stereocenters. The van der Waals surface area contributed by atoms with Crippen LogP contribution in [0.2, 0.25) is 0 Å². The Kier molecular flexibility index (Phi) is 3.45. The van der Waals surface area contributed by atoms with Gasteiger partial charge in [0.15, 0.2) is 0 Å². The molecule has 0 aromatic heterocycles. The van der Waals surface area contributed by atoms with Crippen LogP contribution >= 0.6 is 0 Å². The quantitative estimate of drug-likeness (QED) is 0.831. The zero-order valence-electron chi connectivity index (χ0n) is 10.1. The lowest BCUT2D eigenvalue weighted by molar-refractivity contribution is -0.169. The van der Waals surface area contributed by atoms with Crippen molar-refractivity contribution < 1.29 is 9.53 Å². The third-order valence-electron chi connectivity index (χ3n) is 3.21. The van der Waals surface area contributed by atoms with E-state index in [4.69, 9.17) is 10.5 Å². The monoisotopic (exact) mass is 234 g/mol. The summed E-state index contributed by atoms with van der Waals surface area (Å²) in [6.45, 7) is 1.86. The Morgan fingerprint density at radius 2 is 2.06 bits per heavy atom. The van der Waals surface area contributed by atoms with E-state index in [0.29, 0.717) is 26.3 Å². The lowest BCUT2D eigenvalue weighted by Crippen LogP contribution is -2.58. The Morgan fingerprint density at radius 3 is 2.53 bits per heavy atom. The largest absolute Gasteiger partial charge is 0.379 e. The van der Waals surface area contributed by atoms with E-state index < -0.39 is 5.41 Å². The van der Waals surface area contributed by atoms with E-state index in [0.717, 1.165) is 5.56 Å². The van der Waals surface area contributed by atoms with Gasteiger partial charge in [-0.05, 0) is 5.56 Å². The lowest BCUT2D eigenvalue weighted by Gasteiger charge is -2.41. The van der Waals surface area contributed by atoms with Crippen molar-refractivity contribution in [2.24, 2.45) is 11.1 Å². The van der Waals surface area contributed by atoms with Gasteiger partial charge >= 0.3 is 0 Å². The molecule has 0 bridgehead atoms. The van der Waals surface area contributed by atoms with Gasteiger partial charge in [-0.2, -0.15) is 0 Å². The summed E-state index contributed by atoms with van der Waals surface area (Å²) in [6, 6.07) is 9.93. The van der Waals surface area contributed by atoms with Gasteiger partial charge in [0, 0.05) is 20.1 Å². The third-order valence-corrected chi connectivity index (χ3v) is 3.21. The normalized spacial score (nSPS) is 17.3. The van der Waals surface area contributed by atoms with Gasteiger partial charge < -0.3 is 15.4 Å². The minimum Gasteiger partial charge on any atom is -0.379 e. The highest BCUT2D eigenvalue weighted by atomic mass is 16.5. The van der Waals surface area contributed by atoms with E-state index in [2.05, 4.69) is 0 Å². The molecule has 4 nitrogen and oxygen atoms in total. The molecule has 0 spiro atoms. The predicted molar refractivity (Wildman–Crippen MR) is 65.2 cm³/mol. The van der Waals surface area contributed by atoms with Crippen LogP contribution in [-0.4, -0.2) is 37.6 Å². The van der Waals surface area contributed by atoms with Gasteiger partial charge in [0.1, 0.15) is 5.41 Å². The molecular formula is C13H18N2O2. The van der Waals surface area contributed by atoms with Crippen molar-refractivity contribution in [3.8, 4) is 0 Å². The number of amides is 1. The second-order valence-corrected chi connectivity index (χ2v) is 4.62. The number of carbonyl (C=O) groups is 1. The minimum atomic E-state index is -0.483. The number of nitrogens with two attached hydrogens (primary N) is 1. The Labute approximate surface area is 101 Å². The van der Waals surface area contributed by atoms with E-state index in [1.165, 1.54) is 0 Å². The summed E-state index contributed by atoms with van der Waals surface area (Å²) in [7, 11) is 1.81. The van der Waals surface area contributed by atoms with Gasteiger partial charge in [-0.1, -0.05) is 30.3 Å². The van der Waals surface area contributed by atoms with Gasteiger partial charge in [0.05, 0.1) is 13.2 Å². The Bertz CT molecular complexity index is 382. The molecule has 92 valence electrons. The molecule has 0 saturated carbocycles. The molecule has 1 aromatic rings. The topological polar surface area (TPSA) is 55.6 Å². The molecular weight excluding hydrogens is 216 g/mol. The van der Waals surface area contributed by atoms with Crippen molar-refractivity contribution >= 4 is 5.91 Å². The van der Waals surface area contributed by atoms with Gasteiger partial charge in [-0.25, -0.2) is 0 Å². The SMILES string of the molecule is CN(Cc1ccccc1)C(=O)C1(CN)COC1. The highest BCUT2D eigenvalue weighted by Crippen LogP contribution is 2.28. The smallest absolute Gasteiger partial charge is 0.234 e. The van der Waals surface area contributed by atoms with Crippen LogP contribution in [0, 0.1) is 5.41 Å². The molecule has 17 heavy (non-hydrogen) atoms. The maximum absolute atomic E-state index is 12.2. The molecule has 1 saturated heterocycles. The zero-order chi connectivity index (χ0) is 12.3. The number of benzene rings is 1. The maximum atomic E-state index is 12.2. The first-order valence-electron chi connectivity index (χ1n) is 5.75. The third kappa shape index (κ3) is 2.33. The highest BCUT2D eigenvalue weighted by Gasteiger charge is 2.46. The van der Waals surface area contributed by atoms with Crippen LogP contribution in [0.1, 0.15) is 5.56 Å². The molecule has 1 aliphatic rings. The molecule has 0 atom stereocenters. The summed E-state index contributed by atoms with van der Waals surface area (Å²) >= 11 is 0. The average Bonchev–Trinajstić information content (AvgIpc) is 2.29. The van der Waals surface area contributed by atoms with Gasteiger partial charge in [-0.3, -0.25) is 4.79 Å². The summed E-state index contributed by atoms with van der Waals surface area (Å²) < 4.78 is 5.12. The fourth-order valence-electron chi connectivity index (χ4n) is 2.01.